The number of nitrogens with two attached hydrogens (primary N) is 1. The number of anilines is 1. The van der Waals surface area contributed by atoms with Gasteiger partial charge in [-0.05, 0) is 43.4 Å². The van der Waals surface area contributed by atoms with E-state index in [2.05, 4.69) is 21.6 Å². The van der Waals surface area contributed by atoms with Gasteiger partial charge in [-0.1, -0.05) is 19.8 Å². The van der Waals surface area contributed by atoms with Gasteiger partial charge in [0.25, 0.3) is 0 Å². The molecule has 3 atom stereocenters. The highest BCUT2D eigenvalue weighted by molar-refractivity contribution is 5.77. The Kier molecular flexibility index (Phi) is 2.98. The van der Waals surface area contributed by atoms with Gasteiger partial charge in [-0.15, -0.1) is 0 Å². The van der Waals surface area contributed by atoms with E-state index in [1.54, 1.807) is 0 Å². The van der Waals surface area contributed by atoms with Gasteiger partial charge >= 0.3 is 0 Å². The number of aromatic nitrogens is 4. The van der Waals surface area contributed by atoms with E-state index in [0.717, 1.165) is 54.0 Å². The second-order valence-corrected chi connectivity index (χ2v) is 7.01. The van der Waals surface area contributed by atoms with Crippen LogP contribution in [0, 0.1) is 17.8 Å². The molecule has 21 heavy (non-hydrogen) atoms. The van der Waals surface area contributed by atoms with E-state index < -0.39 is 0 Å². The van der Waals surface area contributed by atoms with Crippen molar-refractivity contribution < 1.29 is 0 Å². The van der Waals surface area contributed by atoms with Gasteiger partial charge in [-0.3, -0.25) is 9.25 Å². The molecule has 0 radical (unpaired) electrons. The third-order valence-corrected chi connectivity index (χ3v) is 5.61. The number of rotatable bonds is 4. The van der Waals surface area contributed by atoms with Crippen molar-refractivity contribution in [2.24, 2.45) is 24.8 Å². The molecule has 2 fully saturated rings. The minimum atomic E-state index is 0.665. The summed E-state index contributed by atoms with van der Waals surface area (Å²) >= 11 is 0. The fraction of sp³-hybridized carbons (Fsp3) is 0.750. The molecule has 0 aliphatic heterocycles. The van der Waals surface area contributed by atoms with Crippen molar-refractivity contribution in [1.29, 1.82) is 0 Å². The third-order valence-electron chi connectivity index (χ3n) is 5.61. The summed E-state index contributed by atoms with van der Waals surface area (Å²) in [5, 5.41) is 4.64. The quantitative estimate of drug-likeness (QED) is 0.940. The first kappa shape index (κ1) is 13.2. The Morgan fingerprint density at radius 2 is 2.14 bits per heavy atom. The van der Waals surface area contributed by atoms with Gasteiger partial charge in [0.1, 0.15) is 5.52 Å². The summed E-state index contributed by atoms with van der Waals surface area (Å²) in [6, 6.07) is 0. The van der Waals surface area contributed by atoms with E-state index in [1.807, 2.05) is 11.7 Å². The van der Waals surface area contributed by atoms with Crippen LogP contribution in [-0.2, 0) is 20.0 Å². The smallest absolute Gasteiger partial charge is 0.202 e. The topological polar surface area (TPSA) is 61.7 Å². The lowest BCUT2D eigenvalue weighted by Crippen LogP contribution is -2.19. The SMILES string of the molecule is CCCc1nn(C)c2c1nc(N)n2CC1CC2CCC1C2. The number of imidazole rings is 1. The van der Waals surface area contributed by atoms with Crippen LogP contribution in [0.15, 0.2) is 0 Å². The summed E-state index contributed by atoms with van der Waals surface area (Å²) in [6.45, 7) is 3.20. The zero-order chi connectivity index (χ0) is 14.6. The van der Waals surface area contributed by atoms with Crippen molar-refractivity contribution in [2.45, 2.75) is 52.0 Å². The Labute approximate surface area is 125 Å². The largest absolute Gasteiger partial charge is 0.369 e. The molecule has 0 amide bonds. The van der Waals surface area contributed by atoms with Gasteiger partial charge < -0.3 is 5.73 Å². The van der Waals surface area contributed by atoms with Crippen molar-refractivity contribution in [3.63, 3.8) is 0 Å². The van der Waals surface area contributed by atoms with Crippen LogP contribution in [0.1, 0.15) is 44.7 Å². The first-order valence-electron chi connectivity index (χ1n) is 8.35. The first-order chi connectivity index (χ1) is 10.2. The highest BCUT2D eigenvalue weighted by atomic mass is 15.3. The predicted octanol–water partition coefficient (Wildman–Crippen LogP) is 2.74. The molecule has 2 aromatic heterocycles. The molecule has 5 nitrogen and oxygen atoms in total. The number of hydrogen-bond donors (Lipinski definition) is 1. The van der Waals surface area contributed by atoms with E-state index in [9.17, 15) is 0 Å². The minimum absolute atomic E-state index is 0.665. The lowest BCUT2D eigenvalue weighted by Gasteiger charge is -2.22. The van der Waals surface area contributed by atoms with Crippen LogP contribution in [0.5, 0.6) is 0 Å². The second kappa shape index (κ2) is 4.75. The fourth-order valence-electron chi connectivity index (χ4n) is 4.68. The Bertz CT molecular complexity index is 668. The van der Waals surface area contributed by atoms with Crippen molar-refractivity contribution >= 4 is 17.1 Å². The van der Waals surface area contributed by atoms with Gasteiger partial charge in [0.15, 0.2) is 5.65 Å². The molecular formula is C16H25N5. The van der Waals surface area contributed by atoms with Crippen molar-refractivity contribution in [2.75, 3.05) is 5.73 Å². The molecule has 2 aromatic rings. The highest BCUT2D eigenvalue weighted by Gasteiger charge is 2.40. The summed E-state index contributed by atoms with van der Waals surface area (Å²) in [7, 11) is 2.01. The summed E-state index contributed by atoms with van der Waals surface area (Å²) in [5.74, 6) is 3.34. The average molecular weight is 287 g/mol. The highest BCUT2D eigenvalue weighted by Crippen LogP contribution is 2.49. The average Bonchev–Trinajstić information content (AvgIpc) is 3.17. The van der Waals surface area contributed by atoms with Gasteiger partial charge in [0, 0.05) is 13.6 Å². The van der Waals surface area contributed by atoms with E-state index in [0.29, 0.717) is 5.95 Å². The Morgan fingerprint density at radius 1 is 1.29 bits per heavy atom. The fourth-order valence-corrected chi connectivity index (χ4v) is 4.68. The van der Waals surface area contributed by atoms with Crippen LogP contribution in [0.2, 0.25) is 0 Å². The molecule has 3 unspecified atom stereocenters. The standard InChI is InChI=1S/C16H25N5/c1-3-4-13-14-15(20(2)19-13)21(16(17)18-14)9-12-8-10-5-6-11(12)7-10/h10-12H,3-9H2,1-2H3,(H2,17,18). The van der Waals surface area contributed by atoms with E-state index in [4.69, 9.17) is 5.73 Å². The summed E-state index contributed by atoms with van der Waals surface area (Å²) in [5.41, 5.74) is 9.43. The Hall–Kier alpha value is -1.52. The number of nitrogen functional groups attached to an aromatic ring is 1. The van der Waals surface area contributed by atoms with Crippen LogP contribution >= 0.6 is 0 Å². The van der Waals surface area contributed by atoms with Gasteiger partial charge in [0.2, 0.25) is 5.95 Å². The number of fused-ring (bicyclic) bond motifs is 3. The van der Waals surface area contributed by atoms with Crippen LogP contribution < -0.4 is 5.73 Å². The lowest BCUT2D eigenvalue weighted by atomic mass is 9.89. The zero-order valence-corrected chi connectivity index (χ0v) is 13.0. The molecule has 5 heteroatoms. The Morgan fingerprint density at radius 3 is 2.81 bits per heavy atom. The van der Waals surface area contributed by atoms with Crippen molar-refractivity contribution in [3.8, 4) is 0 Å². The first-order valence-corrected chi connectivity index (χ1v) is 8.35. The van der Waals surface area contributed by atoms with E-state index in [1.165, 1.54) is 25.7 Å². The molecule has 2 aliphatic rings. The number of hydrogen-bond acceptors (Lipinski definition) is 3. The molecule has 2 saturated carbocycles. The van der Waals surface area contributed by atoms with Crippen LogP contribution in [0.25, 0.3) is 11.2 Å². The molecule has 0 aromatic carbocycles. The maximum Gasteiger partial charge on any atom is 0.202 e. The van der Waals surface area contributed by atoms with E-state index in [-0.39, 0.29) is 0 Å². The van der Waals surface area contributed by atoms with Gasteiger partial charge in [0.05, 0.1) is 5.69 Å². The second-order valence-electron chi connectivity index (χ2n) is 7.01. The molecule has 0 saturated heterocycles. The van der Waals surface area contributed by atoms with E-state index >= 15 is 0 Å². The maximum absolute atomic E-state index is 6.22. The summed E-state index contributed by atoms with van der Waals surface area (Å²) < 4.78 is 4.18. The normalized spacial score (nSPS) is 28.0. The summed E-state index contributed by atoms with van der Waals surface area (Å²) in [6.07, 6.45) is 7.74. The number of aryl methyl sites for hydroxylation is 2. The van der Waals surface area contributed by atoms with Gasteiger partial charge in [-0.2, -0.15) is 5.10 Å². The zero-order valence-electron chi connectivity index (χ0n) is 13.0. The Balaban J connectivity index is 1.69. The van der Waals surface area contributed by atoms with Crippen LogP contribution in [-0.4, -0.2) is 19.3 Å². The van der Waals surface area contributed by atoms with Crippen molar-refractivity contribution in [1.82, 2.24) is 19.3 Å². The van der Waals surface area contributed by atoms with Crippen LogP contribution in [0.4, 0.5) is 5.95 Å². The molecule has 2 N–H and O–H groups in total. The molecule has 2 heterocycles. The molecule has 2 aliphatic carbocycles. The monoisotopic (exact) mass is 287 g/mol. The summed E-state index contributed by atoms with van der Waals surface area (Å²) in [4.78, 5) is 4.61. The molecule has 0 spiro atoms. The van der Waals surface area contributed by atoms with Crippen molar-refractivity contribution in [3.05, 3.63) is 5.69 Å². The molecule has 114 valence electrons. The molecular weight excluding hydrogens is 262 g/mol. The molecule has 4 rings (SSSR count). The van der Waals surface area contributed by atoms with Crippen LogP contribution in [0.3, 0.4) is 0 Å². The van der Waals surface area contributed by atoms with Gasteiger partial charge in [-0.25, -0.2) is 4.98 Å². The maximum atomic E-state index is 6.22. The molecule has 2 bridgehead atoms. The third kappa shape index (κ3) is 1.97. The number of nitrogens with zero attached hydrogens (tertiary/aromatic N) is 4. The lowest BCUT2D eigenvalue weighted by molar-refractivity contribution is 0.298. The minimum Gasteiger partial charge on any atom is -0.369 e. The predicted molar refractivity (Wildman–Crippen MR) is 83.8 cm³/mol.